The van der Waals surface area contributed by atoms with Gasteiger partial charge in [-0.2, -0.15) is 0 Å². The predicted molar refractivity (Wildman–Crippen MR) is 90.3 cm³/mol. The van der Waals surface area contributed by atoms with E-state index in [1.54, 1.807) is 12.4 Å². The van der Waals surface area contributed by atoms with Gasteiger partial charge in [-0.3, -0.25) is 9.78 Å². The molecule has 3 aromatic rings. The van der Waals surface area contributed by atoms with Crippen LogP contribution in [0.2, 0.25) is 0 Å². The van der Waals surface area contributed by atoms with Gasteiger partial charge in [0.1, 0.15) is 5.82 Å². The molecule has 0 saturated carbocycles. The van der Waals surface area contributed by atoms with E-state index in [0.717, 1.165) is 28.8 Å². The third-order valence-corrected chi connectivity index (χ3v) is 3.93. The van der Waals surface area contributed by atoms with Gasteiger partial charge in [-0.25, -0.2) is 4.98 Å². The van der Waals surface area contributed by atoms with Crippen molar-refractivity contribution in [1.82, 2.24) is 20.3 Å². The smallest absolute Gasteiger partial charge is 0.252 e. The van der Waals surface area contributed by atoms with Crippen molar-refractivity contribution in [3.63, 3.8) is 0 Å². The molecule has 5 nitrogen and oxygen atoms in total. The van der Waals surface area contributed by atoms with Crippen molar-refractivity contribution in [2.45, 2.75) is 33.2 Å². The fourth-order valence-electron chi connectivity index (χ4n) is 2.67. The maximum absolute atomic E-state index is 12.7. The number of carbonyl (C=O) groups is 1. The second kappa shape index (κ2) is 6.20. The molecule has 23 heavy (non-hydrogen) atoms. The largest absolute Gasteiger partial charge is 0.347 e. The molecule has 0 radical (unpaired) electrons. The molecule has 1 atom stereocenters. The minimum Gasteiger partial charge on any atom is -0.347 e. The normalized spacial score (nSPS) is 12.3. The Hall–Kier alpha value is -2.69. The number of H-pyrrole nitrogens is 1. The summed E-state index contributed by atoms with van der Waals surface area (Å²) in [5.41, 5.74) is 3.52. The summed E-state index contributed by atoms with van der Waals surface area (Å²) in [6, 6.07) is 7.74. The third-order valence-electron chi connectivity index (χ3n) is 3.93. The number of aryl methyl sites for hydroxylation is 2. The van der Waals surface area contributed by atoms with Gasteiger partial charge in [0.05, 0.1) is 17.1 Å². The average molecular weight is 308 g/mol. The van der Waals surface area contributed by atoms with Crippen molar-refractivity contribution in [3.05, 3.63) is 59.3 Å². The SMILES string of the molecule is CCc1ccc2nc(C)cc(C(=O)NC(C)c3ncc[nH]3)c2c1. The Bertz CT molecular complexity index is 840. The lowest BCUT2D eigenvalue weighted by Gasteiger charge is -2.14. The Morgan fingerprint density at radius 2 is 2.17 bits per heavy atom. The molecular formula is C18H20N4O. The number of nitrogens with one attached hydrogen (secondary N) is 2. The quantitative estimate of drug-likeness (QED) is 0.776. The first-order valence-electron chi connectivity index (χ1n) is 7.79. The van der Waals surface area contributed by atoms with Gasteiger partial charge in [0.2, 0.25) is 0 Å². The second-order valence-corrected chi connectivity index (χ2v) is 5.69. The van der Waals surface area contributed by atoms with Gasteiger partial charge in [0, 0.05) is 23.5 Å². The van der Waals surface area contributed by atoms with Gasteiger partial charge in [0.15, 0.2) is 0 Å². The lowest BCUT2D eigenvalue weighted by atomic mass is 10.0. The minimum atomic E-state index is -0.185. The van der Waals surface area contributed by atoms with E-state index in [1.165, 1.54) is 5.56 Å². The van der Waals surface area contributed by atoms with Crippen LogP contribution in [-0.2, 0) is 6.42 Å². The van der Waals surface area contributed by atoms with Crippen LogP contribution in [0, 0.1) is 6.92 Å². The second-order valence-electron chi connectivity index (χ2n) is 5.69. The van der Waals surface area contributed by atoms with Crippen LogP contribution in [0.5, 0.6) is 0 Å². The first kappa shape index (κ1) is 15.2. The maximum atomic E-state index is 12.7. The number of amides is 1. The molecule has 5 heteroatoms. The van der Waals surface area contributed by atoms with Crippen molar-refractivity contribution < 1.29 is 4.79 Å². The highest BCUT2D eigenvalue weighted by atomic mass is 16.1. The summed E-state index contributed by atoms with van der Waals surface area (Å²) in [5, 5.41) is 3.88. The van der Waals surface area contributed by atoms with Crippen LogP contribution in [0.3, 0.4) is 0 Å². The molecule has 0 spiro atoms. The molecule has 2 heterocycles. The van der Waals surface area contributed by atoms with Crippen molar-refractivity contribution in [3.8, 4) is 0 Å². The number of nitrogens with zero attached hydrogens (tertiary/aromatic N) is 2. The summed E-state index contributed by atoms with van der Waals surface area (Å²) in [7, 11) is 0. The summed E-state index contributed by atoms with van der Waals surface area (Å²) in [4.78, 5) is 24.5. The van der Waals surface area contributed by atoms with Crippen LogP contribution >= 0.6 is 0 Å². The maximum Gasteiger partial charge on any atom is 0.252 e. The van der Waals surface area contributed by atoms with Gasteiger partial charge in [-0.1, -0.05) is 13.0 Å². The lowest BCUT2D eigenvalue weighted by molar-refractivity contribution is 0.0940. The lowest BCUT2D eigenvalue weighted by Crippen LogP contribution is -2.27. The van der Waals surface area contributed by atoms with E-state index in [9.17, 15) is 4.79 Å². The summed E-state index contributed by atoms with van der Waals surface area (Å²) >= 11 is 0. The fraction of sp³-hybridized carbons (Fsp3) is 0.278. The summed E-state index contributed by atoms with van der Waals surface area (Å²) < 4.78 is 0. The third kappa shape index (κ3) is 3.08. The van der Waals surface area contributed by atoms with E-state index in [1.807, 2.05) is 32.0 Å². The van der Waals surface area contributed by atoms with Gasteiger partial charge in [0.25, 0.3) is 5.91 Å². The number of imidazole rings is 1. The molecule has 0 aliphatic heterocycles. The van der Waals surface area contributed by atoms with Crippen molar-refractivity contribution in [2.75, 3.05) is 0 Å². The fourth-order valence-corrected chi connectivity index (χ4v) is 2.67. The van der Waals surface area contributed by atoms with E-state index >= 15 is 0 Å². The van der Waals surface area contributed by atoms with Gasteiger partial charge >= 0.3 is 0 Å². The molecular weight excluding hydrogens is 288 g/mol. The Balaban J connectivity index is 1.98. The summed E-state index contributed by atoms with van der Waals surface area (Å²) in [6.07, 6.45) is 4.35. The Morgan fingerprint density at radius 1 is 1.35 bits per heavy atom. The molecule has 118 valence electrons. The van der Waals surface area contributed by atoms with Crippen molar-refractivity contribution in [2.24, 2.45) is 0 Å². The molecule has 0 saturated heterocycles. The van der Waals surface area contributed by atoms with Gasteiger partial charge < -0.3 is 10.3 Å². The van der Waals surface area contributed by atoms with E-state index in [-0.39, 0.29) is 11.9 Å². The highest BCUT2D eigenvalue weighted by Gasteiger charge is 2.16. The monoisotopic (exact) mass is 308 g/mol. The minimum absolute atomic E-state index is 0.113. The molecule has 3 rings (SSSR count). The zero-order chi connectivity index (χ0) is 16.4. The molecule has 2 N–H and O–H groups in total. The molecule has 0 aliphatic rings. The number of hydrogen-bond acceptors (Lipinski definition) is 3. The number of fused-ring (bicyclic) bond motifs is 1. The number of carbonyl (C=O) groups excluding carboxylic acids is 1. The Kier molecular flexibility index (Phi) is 4.10. The standard InChI is InChI=1S/C18H20N4O/c1-4-13-5-6-16-14(10-13)15(9-11(2)21-16)18(23)22-12(3)17-19-7-8-20-17/h5-10,12H,4H2,1-3H3,(H,19,20)(H,22,23). The first-order chi connectivity index (χ1) is 11.1. The number of pyridine rings is 1. The summed E-state index contributed by atoms with van der Waals surface area (Å²) in [5.74, 6) is 0.625. The predicted octanol–water partition coefficient (Wildman–Crippen LogP) is 3.32. The molecule has 0 bridgehead atoms. The average Bonchev–Trinajstić information content (AvgIpc) is 3.08. The van der Waals surface area contributed by atoms with Gasteiger partial charge in [-0.05, 0) is 44.0 Å². The number of rotatable bonds is 4. The van der Waals surface area contributed by atoms with Crippen LogP contribution in [0.25, 0.3) is 10.9 Å². The van der Waals surface area contributed by atoms with E-state index in [0.29, 0.717) is 5.56 Å². The molecule has 1 amide bonds. The molecule has 0 aliphatic carbocycles. The highest BCUT2D eigenvalue weighted by molar-refractivity contribution is 6.06. The van der Waals surface area contributed by atoms with Crippen LogP contribution in [0.1, 0.15) is 47.3 Å². The van der Waals surface area contributed by atoms with E-state index in [2.05, 4.69) is 33.3 Å². The number of aromatic amines is 1. The highest BCUT2D eigenvalue weighted by Crippen LogP contribution is 2.21. The first-order valence-corrected chi connectivity index (χ1v) is 7.79. The van der Waals surface area contributed by atoms with E-state index < -0.39 is 0 Å². The molecule has 1 aromatic carbocycles. The molecule has 2 aromatic heterocycles. The van der Waals surface area contributed by atoms with Crippen LogP contribution in [-0.4, -0.2) is 20.9 Å². The number of aromatic nitrogens is 3. The van der Waals surface area contributed by atoms with Crippen molar-refractivity contribution >= 4 is 16.8 Å². The van der Waals surface area contributed by atoms with Crippen LogP contribution in [0.4, 0.5) is 0 Å². The Labute approximate surface area is 135 Å². The Morgan fingerprint density at radius 3 is 2.87 bits per heavy atom. The van der Waals surface area contributed by atoms with Gasteiger partial charge in [-0.15, -0.1) is 0 Å². The molecule has 0 fully saturated rings. The zero-order valence-corrected chi connectivity index (χ0v) is 13.6. The number of hydrogen-bond donors (Lipinski definition) is 2. The summed E-state index contributed by atoms with van der Waals surface area (Å²) in [6.45, 7) is 5.91. The number of benzene rings is 1. The van der Waals surface area contributed by atoms with Crippen molar-refractivity contribution in [1.29, 1.82) is 0 Å². The van der Waals surface area contributed by atoms with E-state index in [4.69, 9.17) is 0 Å². The van der Waals surface area contributed by atoms with Crippen LogP contribution in [0.15, 0.2) is 36.7 Å². The van der Waals surface area contributed by atoms with Crippen LogP contribution < -0.4 is 5.32 Å². The molecule has 1 unspecified atom stereocenters. The zero-order valence-electron chi connectivity index (χ0n) is 13.6. The topological polar surface area (TPSA) is 70.7 Å².